The van der Waals surface area contributed by atoms with E-state index in [2.05, 4.69) is 20.4 Å². The molecular weight excluding hydrogens is 288 g/mol. The molecule has 0 aliphatic rings. The number of benzene rings is 1. The van der Waals surface area contributed by atoms with Gasteiger partial charge in [0.2, 0.25) is 5.82 Å². The first-order chi connectivity index (χ1) is 10.7. The van der Waals surface area contributed by atoms with Gasteiger partial charge in [0.05, 0.1) is 12.0 Å². The summed E-state index contributed by atoms with van der Waals surface area (Å²) in [5.41, 5.74) is 0.643. The molecule has 9 nitrogen and oxygen atoms in total. The molecule has 3 aromatic rings. The van der Waals surface area contributed by atoms with E-state index >= 15 is 0 Å². The number of ether oxygens (including phenoxy) is 1. The monoisotopic (exact) mass is 298 g/mol. The van der Waals surface area contributed by atoms with E-state index in [0.29, 0.717) is 17.4 Å². The van der Waals surface area contributed by atoms with Crippen LogP contribution in [0.1, 0.15) is 0 Å². The summed E-state index contributed by atoms with van der Waals surface area (Å²) in [7, 11) is 1.57. The fourth-order valence-corrected chi connectivity index (χ4v) is 1.79. The molecule has 2 aromatic heterocycles. The number of hydrogen-bond donors (Lipinski definition) is 0. The van der Waals surface area contributed by atoms with E-state index in [1.165, 1.54) is 16.9 Å². The van der Waals surface area contributed by atoms with Crippen molar-refractivity contribution in [3.05, 3.63) is 52.7 Å². The van der Waals surface area contributed by atoms with Crippen LogP contribution in [0.25, 0.3) is 17.2 Å². The van der Waals surface area contributed by atoms with Crippen LogP contribution < -0.4 is 4.74 Å². The molecular formula is C13H10N6O3. The van der Waals surface area contributed by atoms with Crippen molar-refractivity contribution in [3.63, 3.8) is 0 Å². The van der Waals surface area contributed by atoms with E-state index in [1.807, 2.05) is 18.2 Å². The largest absolute Gasteiger partial charge is 0.497 e. The maximum Gasteiger partial charge on any atom is 0.287 e. The average molecular weight is 298 g/mol. The van der Waals surface area contributed by atoms with Gasteiger partial charge in [0, 0.05) is 11.6 Å². The molecule has 0 aliphatic carbocycles. The highest BCUT2D eigenvalue weighted by Gasteiger charge is 2.11. The van der Waals surface area contributed by atoms with Gasteiger partial charge in [-0.15, -0.1) is 15.0 Å². The normalized spacial score (nSPS) is 10.4. The van der Waals surface area contributed by atoms with Crippen LogP contribution >= 0.6 is 0 Å². The number of aromatic nitrogens is 5. The van der Waals surface area contributed by atoms with E-state index < -0.39 is 4.92 Å². The molecule has 0 N–H and O–H groups in total. The minimum atomic E-state index is -0.521. The van der Waals surface area contributed by atoms with Crippen LogP contribution in [-0.4, -0.2) is 37.2 Å². The second-order valence-corrected chi connectivity index (χ2v) is 4.27. The van der Waals surface area contributed by atoms with Gasteiger partial charge in [-0.3, -0.25) is 10.1 Å². The first-order valence-electron chi connectivity index (χ1n) is 6.22. The summed E-state index contributed by atoms with van der Waals surface area (Å²) in [5, 5.41) is 22.7. The molecule has 1 aromatic carbocycles. The third kappa shape index (κ3) is 2.59. The van der Waals surface area contributed by atoms with E-state index in [1.54, 1.807) is 13.2 Å². The minimum absolute atomic E-state index is 0.100. The summed E-state index contributed by atoms with van der Waals surface area (Å²) in [6.45, 7) is 0. The van der Waals surface area contributed by atoms with Crippen molar-refractivity contribution in [2.45, 2.75) is 0 Å². The lowest BCUT2D eigenvalue weighted by Crippen LogP contribution is -2.02. The van der Waals surface area contributed by atoms with E-state index in [-0.39, 0.29) is 5.69 Å². The van der Waals surface area contributed by atoms with Crippen molar-refractivity contribution < 1.29 is 9.66 Å². The number of nitro groups is 1. The maximum atomic E-state index is 10.6. The first kappa shape index (κ1) is 13.6. The second-order valence-electron chi connectivity index (χ2n) is 4.27. The van der Waals surface area contributed by atoms with Crippen molar-refractivity contribution in [2.24, 2.45) is 0 Å². The number of pyridine rings is 1. The molecule has 0 spiro atoms. The van der Waals surface area contributed by atoms with Crippen molar-refractivity contribution >= 4 is 5.69 Å². The molecule has 2 heterocycles. The van der Waals surface area contributed by atoms with Crippen molar-refractivity contribution in [1.29, 1.82) is 0 Å². The van der Waals surface area contributed by atoms with Gasteiger partial charge < -0.3 is 4.74 Å². The van der Waals surface area contributed by atoms with Gasteiger partial charge in [0.1, 0.15) is 11.9 Å². The van der Waals surface area contributed by atoms with Crippen LogP contribution in [0.4, 0.5) is 5.69 Å². The molecule has 0 amide bonds. The Hall–Kier alpha value is -3.36. The fraction of sp³-hybridized carbons (Fsp3) is 0.0769. The summed E-state index contributed by atoms with van der Waals surface area (Å²) in [5.74, 6) is 1.42. The predicted molar refractivity (Wildman–Crippen MR) is 75.6 cm³/mol. The van der Waals surface area contributed by atoms with Gasteiger partial charge in [-0.2, -0.15) is 0 Å². The molecule has 0 saturated carbocycles. The van der Waals surface area contributed by atoms with Crippen molar-refractivity contribution in [1.82, 2.24) is 25.2 Å². The van der Waals surface area contributed by atoms with E-state index in [0.717, 1.165) is 11.8 Å². The lowest BCUT2D eigenvalue weighted by molar-refractivity contribution is -0.385. The Morgan fingerprint density at radius 2 is 2.14 bits per heavy atom. The first-order valence-corrected chi connectivity index (χ1v) is 6.22. The summed E-state index contributed by atoms with van der Waals surface area (Å²) in [4.78, 5) is 15.2. The molecule has 0 bridgehead atoms. The number of nitrogens with zero attached hydrogens (tertiary/aromatic N) is 6. The van der Waals surface area contributed by atoms with Gasteiger partial charge in [-0.05, 0) is 23.4 Å². The third-order valence-corrected chi connectivity index (χ3v) is 2.89. The standard InChI is InChI=1S/C13H10N6O3/c1-22-11-4-2-3-9(7-11)13-15-17-18(16-13)12-6-5-10(8-14-12)19(20)21/h2-8H,1H3. The van der Waals surface area contributed by atoms with Crippen molar-refractivity contribution in [3.8, 4) is 23.0 Å². The maximum absolute atomic E-state index is 10.6. The molecule has 0 atom stereocenters. The molecule has 22 heavy (non-hydrogen) atoms. The zero-order chi connectivity index (χ0) is 15.5. The van der Waals surface area contributed by atoms with Gasteiger partial charge >= 0.3 is 0 Å². The Labute approximate surface area is 124 Å². The summed E-state index contributed by atoms with van der Waals surface area (Å²) >= 11 is 0. The van der Waals surface area contributed by atoms with Crippen LogP contribution in [0.5, 0.6) is 5.75 Å². The second kappa shape index (κ2) is 5.56. The third-order valence-electron chi connectivity index (χ3n) is 2.89. The lowest BCUT2D eigenvalue weighted by Gasteiger charge is -2.00. The average Bonchev–Trinajstić information content (AvgIpc) is 3.05. The quantitative estimate of drug-likeness (QED) is 0.532. The van der Waals surface area contributed by atoms with Crippen LogP contribution in [-0.2, 0) is 0 Å². The highest BCUT2D eigenvalue weighted by molar-refractivity contribution is 5.56. The topological polar surface area (TPSA) is 109 Å². The summed E-state index contributed by atoms with van der Waals surface area (Å²) in [6, 6.07) is 10.0. The summed E-state index contributed by atoms with van der Waals surface area (Å²) in [6.07, 6.45) is 1.14. The molecule has 0 fully saturated rings. The molecule has 0 radical (unpaired) electrons. The predicted octanol–water partition coefficient (Wildman–Crippen LogP) is 1.64. The number of rotatable bonds is 4. The Balaban J connectivity index is 1.91. The zero-order valence-electron chi connectivity index (χ0n) is 11.4. The lowest BCUT2D eigenvalue weighted by atomic mass is 10.2. The van der Waals surface area contributed by atoms with Crippen LogP contribution in [0, 0.1) is 10.1 Å². The van der Waals surface area contributed by atoms with Gasteiger partial charge in [0.25, 0.3) is 5.69 Å². The molecule has 0 saturated heterocycles. The van der Waals surface area contributed by atoms with Crippen LogP contribution in [0.3, 0.4) is 0 Å². The highest BCUT2D eigenvalue weighted by atomic mass is 16.6. The number of tetrazole rings is 1. The number of hydrogen-bond acceptors (Lipinski definition) is 7. The van der Waals surface area contributed by atoms with Crippen molar-refractivity contribution in [2.75, 3.05) is 7.11 Å². The Morgan fingerprint density at radius 1 is 1.27 bits per heavy atom. The van der Waals surface area contributed by atoms with Gasteiger partial charge in [-0.1, -0.05) is 12.1 Å². The minimum Gasteiger partial charge on any atom is -0.497 e. The van der Waals surface area contributed by atoms with Gasteiger partial charge in [-0.25, -0.2) is 4.98 Å². The Kier molecular flexibility index (Phi) is 3.44. The molecule has 3 rings (SSSR count). The molecule has 0 aliphatic heterocycles. The van der Waals surface area contributed by atoms with Gasteiger partial charge in [0.15, 0.2) is 5.82 Å². The fourth-order valence-electron chi connectivity index (χ4n) is 1.79. The zero-order valence-corrected chi connectivity index (χ0v) is 11.4. The highest BCUT2D eigenvalue weighted by Crippen LogP contribution is 2.20. The molecule has 0 unspecified atom stereocenters. The van der Waals surface area contributed by atoms with E-state index in [9.17, 15) is 10.1 Å². The SMILES string of the molecule is COc1cccc(-c2nnn(-c3ccc([N+](=O)[O-])cn3)n2)c1. The molecule has 110 valence electrons. The van der Waals surface area contributed by atoms with E-state index in [4.69, 9.17) is 4.74 Å². The van der Waals surface area contributed by atoms with Crippen LogP contribution in [0.2, 0.25) is 0 Å². The Bertz CT molecular complexity index is 815. The summed E-state index contributed by atoms with van der Waals surface area (Å²) < 4.78 is 5.14. The smallest absolute Gasteiger partial charge is 0.287 e. The number of methoxy groups -OCH3 is 1. The Morgan fingerprint density at radius 3 is 2.82 bits per heavy atom. The van der Waals surface area contributed by atoms with Crippen LogP contribution in [0.15, 0.2) is 42.6 Å². The molecule has 9 heteroatoms.